The number of pyridine rings is 4. The highest BCUT2D eigenvalue weighted by Crippen LogP contribution is 2.45. The minimum Gasteiger partial charge on any atom is -0.455 e. The lowest BCUT2D eigenvalue weighted by atomic mass is 9.76. The van der Waals surface area contributed by atoms with Gasteiger partial charge in [-0.3, -0.25) is 37.0 Å². The van der Waals surface area contributed by atoms with Gasteiger partial charge in [0.15, 0.2) is 5.78 Å². The number of alkyl halides is 6. The van der Waals surface area contributed by atoms with E-state index in [0.29, 0.717) is 65.6 Å². The Morgan fingerprint density at radius 2 is 1.06 bits per heavy atom. The summed E-state index contributed by atoms with van der Waals surface area (Å²) in [7, 11) is -4.45. The molecule has 11 heterocycles. The average molecular weight is 1490 g/mol. The second kappa shape index (κ2) is 25.9. The number of hydrogen-bond donors (Lipinski definition) is 1. The molecule has 0 spiro atoms. The first kappa shape index (κ1) is 71.7. The van der Waals surface area contributed by atoms with Crippen molar-refractivity contribution in [3.8, 4) is 33.9 Å². The van der Waals surface area contributed by atoms with Crippen LogP contribution < -0.4 is 19.4 Å². The van der Waals surface area contributed by atoms with Gasteiger partial charge in [-0.2, -0.15) is 26.3 Å². The molecule has 0 bridgehead atoms. The normalized spacial score (nSPS) is 14.0. The molecule has 0 radical (unpaired) electrons. The second-order valence-corrected chi connectivity index (χ2v) is 29.8. The Labute approximate surface area is 591 Å². The highest BCUT2D eigenvalue weighted by Gasteiger charge is 2.53. The van der Waals surface area contributed by atoms with E-state index in [0.717, 1.165) is 68.3 Å². The Hall–Kier alpha value is -10.7. The van der Waals surface area contributed by atoms with Crippen LogP contribution in [0.15, 0.2) is 155 Å². The van der Waals surface area contributed by atoms with E-state index in [4.69, 9.17) is 34.7 Å². The van der Waals surface area contributed by atoms with Crippen LogP contribution >= 0.6 is 11.6 Å². The number of nitrogens with one attached hydrogen (secondary N) is 1. The molecule has 104 heavy (non-hydrogen) atoms. The van der Waals surface area contributed by atoms with Crippen LogP contribution in [-0.4, -0.2) is 119 Å². The third-order valence-electron chi connectivity index (χ3n) is 18.3. The van der Waals surface area contributed by atoms with Gasteiger partial charge in [-0.25, -0.2) is 45.6 Å². The van der Waals surface area contributed by atoms with Gasteiger partial charge in [0.1, 0.15) is 74.5 Å². The minimum absolute atomic E-state index is 0.00275. The van der Waals surface area contributed by atoms with E-state index in [1.165, 1.54) is 57.5 Å². The molecule has 1 fully saturated rings. The molecule has 1 aliphatic heterocycles. The van der Waals surface area contributed by atoms with Crippen LogP contribution in [0.2, 0.25) is 5.15 Å². The number of sulfonamides is 2. The van der Waals surface area contributed by atoms with Crippen LogP contribution in [0.3, 0.4) is 0 Å². The molecule has 1 saturated heterocycles. The zero-order valence-electron chi connectivity index (χ0n) is 56.4. The van der Waals surface area contributed by atoms with Gasteiger partial charge in [-0.05, 0) is 125 Å². The predicted octanol–water partition coefficient (Wildman–Crippen LogP) is 15.1. The summed E-state index contributed by atoms with van der Waals surface area (Å²) in [6.45, 7) is 9.06. The molecule has 4 aromatic carbocycles. The molecule has 10 aromatic heterocycles. The molecular weight excluding hydrogens is 1430 g/mol. The molecule has 15 rings (SSSR count). The molecule has 0 saturated carbocycles. The summed E-state index contributed by atoms with van der Waals surface area (Å²) in [6, 6.07) is 29.8. The summed E-state index contributed by atoms with van der Waals surface area (Å²) in [5, 5.41) is 4.44. The standard InChI is InChI=1S/C32H22F4N6O4S.C25H28BF3N2O6S.C14H7ClFN3/c1-37-31(43)28-19-11-18(21-8-9-22-29(40-21)25-12-17-20(33)5-4-6-23(17)42(25)15-39-22)24(41(2)47(3,44)45)13-26(19)46-30(28)16-7-10-27(38-14-16)32(34,35)36;1-8-18(32)21-15-11-16(26-36-23(2,3)24(4,5)37-26)17(31(6)38(7,33)34)12-19(15)35-22(21)14-9-10-20(30-13-14)25(27,28)29;15-13-5-4-10-14(18-13)12-6-8-9(16)2-1-3-11(8)19(12)7-17-10/h4-15H,1-3H3,(H,37,43);9-13H,8H2,1-7H3;1-7H. The molecule has 0 aliphatic carbocycles. The first-order valence-corrected chi connectivity index (χ1v) is 35.6. The van der Waals surface area contributed by atoms with Gasteiger partial charge in [0.25, 0.3) is 5.91 Å². The Bertz CT molecular complexity index is 6100. The molecule has 1 amide bonds. The summed E-state index contributed by atoms with van der Waals surface area (Å²) < 4.78 is 188. The van der Waals surface area contributed by atoms with E-state index in [9.17, 15) is 61.5 Å². The molecule has 534 valence electrons. The van der Waals surface area contributed by atoms with Crippen LogP contribution in [0.25, 0.3) is 111 Å². The van der Waals surface area contributed by atoms with Crippen molar-refractivity contribution in [3.05, 3.63) is 186 Å². The third kappa shape index (κ3) is 12.9. The van der Waals surface area contributed by atoms with E-state index >= 15 is 0 Å². The van der Waals surface area contributed by atoms with E-state index in [1.807, 2.05) is 38.2 Å². The molecule has 21 nitrogen and oxygen atoms in total. The Balaban J connectivity index is 0.000000150. The number of carbonyl (C=O) groups is 2. The highest BCUT2D eigenvalue weighted by molar-refractivity contribution is 7.92. The maximum absolute atomic E-state index is 14.7. The van der Waals surface area contributed by atoms with Crippen molar-refractivity contribution >= 4 is 144 Å². The number of ketones is 1. The Morgan fingerprint density at radius 1 is 0.587 bits per heavy atom. The molecule has 33 heteroatoms. The number of carbonyl (C=O) groups excluding carboxylic acids is 2. The number of halogens is 9. The van der Waals surface area contributed by atoms with Gasteiger partial charge in [0.2, 0.25) is 20.0 Å². The largest absolute Gasteiger partial charge is 0.497 e. The lowest BCUT2D eigenvalue weighted by Gasteiger charge is -2.32. The van der Waals surface area contributed by atoms with Crippen molar-refractivity contribution in [2.24, 2.45) is 0 Å². The fourth-order valence-corrected chi connectivity index (χ4v) is 13.2. The molecule has 1 N–H and O–H groups in total. The van der Waals surface area contributed by atoms with Gasteiger partial charge in [0, 0.05) is 95.8 Å². The van der Waals surface area contributed by atoms with Gasteiger partial charge >= 0.3 is 19.5 Å². The fourth-order valence-electron chi connectivity index (χ4n) is 12.0. The third-order valence-corrected chi connectivity index (χ3v) is 20.9. The summed E-state index contributed by atoms with van der Waals surface area (Å²) in [4.78, 5) is 51.2. The maximum atomic E-state index is 14.7. The first-order chi connectivity index (χ1) is 48.9. The van der Waals surface area contributed by atoms with Crippen molar-refractivity contribution < 1.29 is 79.7 Å². The van der Waals surface area contributed by atoms with Crippen LogP contribution in [0.1, 0.15) is 73.1 Å². The number of nitrogens with zero attached hydrogens (tertiary/aromatic N) is 10. The molecule has 0 atom stereocenters. The number of hydrogen-bond acceptors (Lipinski definition) is 16. The smallest absolute Gasteiger partial charge is 0.455 e. The number of Topliss-reactive ketones (excluding diaryl/α,β-unsaturated/α-hetero) is 1. The van der Waals surface area contributed by atoms with Crippen LogP contribution in [0, 0.1) is 11.6 Å². The van der Waals surface area contributed by atoms with Crippen LogP contribution in [0.5, 0.6) is 0 Å². The summed E-state index contributed by atoms with van der Waals surface area (Å²) in [5.74, 6) is -1.62. The van der Waals surface area contributed by atoms with E-state index in [1.54, 1.807) is 84.6 Å². The number of furan rings is 2. The summed E-state index contributed by atoms with van der Waals surface area (Å²) in [6.07, 6.45) is -1.98. The van der Waals surface area contributed by atoms with Gasteiger partial charge in [-0.1, -0.05) is 30.7 Å². The summed E-state index contributed by atoms with van der Waals surface area (Å²) >= 11 is 5.93. The number of fused-ring (bicyclic) bond motifs is 12. The van der Waals surface area contributed by atoms with Crippen molar-refractivity contribution in [2.45, 2.75) is 64.6 Å². The number of aromatic nitrogens is 8. The quantitative estimate of drug-likeness (QED) is 0.0547. The number of amides is 1. The zero-order valence-corrected chi connectivity index (χ0v) is 58.8. The fraction of sp³-hybridized carbons (Fsp3) is 0.211. The lowest BCUT2D eigenvalue weighted by Crippen LogP contribution is -2.41. The van der Waals surface area contributed by atoms with Crippen molar-refractivity contribution in [1.82, 2.24) is 44.0 Å². The van der Waals surface area contributed by atoms with Crippen LogP contribution in [0.4, 0.5) is 46.5 Å². The first-order valence-electron chi connectivity index (χ1n) is 31.5. The number of benzene rings is 4. The van der Waals surface area contributed by atoms with Crippen molar-refractivity contribution in [1.29, 1.82) is 0 Å². The van der Waals surface area contributed by atoms with Gasteiger partial charge < -0.3 is 23.5 Å². The highest BCUT2D eigenvalue weighted by atomic mass is 35.5. The van der Waals surface area contributed by atoms with E-state index < -0.39 is 73.8 Å². The zero-order chi connectivity index (χ0) is 74.8. The van der Waals surface area contributed by atoms with E-state index in [2.05, 4.69) is 30.2 Å². The summed E-state index contributed by atoms with van der Waals surface area (Å²) in [5.41, 5.74) is 3.31. The topological polar surface area (TPSA) is 252 Å². The molecule has 14 aromatic rings. The Morgan fingerprint density at radius 3 is 1.53 bits per heavy atom. The maximum Gasteiger partial charge on any atom is 0.497 e. The second-order valence-electron chi connectivity index (χ2n) is 25.3. The van der Waals surface area contributed by atoms with Gasteiger partial charge in [-0.15, -0.1) is 0 Å². The molecular formula is C71H57BClF8N11O10S2. The number of rotatable bonds is 11. The van der Waals surface area contributed by atoms with Gasteiger partial charge in [0.05, 0.1) is 85.0 Å². The Kier molecular flexibility index (Phi) is 17.9. The van der Waals surface area contributed by atoms with Crippen LogP contribution in [-0.2, 0) is 41.7 Å². The van der Waals surface area contributed by atoms with Crippen molar-refractivity contribution in [2.75, 3.05) is 42.3 Å². The number of anilines is 2. The average Bonchev–Trinajstić information content (AvgIpc) is 1.60. The van der Waals surface area contributed by atoms with E-state index in [-0.39, 0.29) is 79.7 Å². The molecule has 0 unspecified atom stereocenters. The molecule has 1 aliphatic rings. The minimum atomic E-state index is -4.67. The predicted molar refractivity (Wildman–Crippen MR) is 379 cm³/mol. The monoisotopic (exact) mass is 1490 g/mol. The SMILES string of the molecule is CCC(=O)c1c(-c2ccc(C(F)(F)F)nc2)oc2cc(N(C)S(C)(=O)=O)c(B3OC(C)(C)C(C)(C)O3)cc12.CNC(=O)c1c(-c2ccc(C(F)(F)F)nc2)oc2cc(N(C)S(C)(=O)=O)c(-c3ccc4ncn5c6cccc(F)c6cc5c4n3)cc12.Fc1cccc2c1cc1c3nc(Cl)ccc3ncn21. The van der Waals surface area contributed by atoms with Crippen molar-refractivity contribution in [3.63, 3.8) is 0 Å². The lowest BCUT2D eigenvalue weighted by molar-refractivity contribution is -0.141.